The van der Waals surface area contributed by atoms with Gasteiger partial charge in [-0.05, 0) is 68.7 Å². The van der Waals surface area contributed by atoms with Crippen molar-refractivity contribution in [2.24, 2.45) is 0 Å². The van der Waals surface area contributed by atoms with Crippen molar-refractivity contribution in [1.82, 2.24) is 4.90 Å². The molecule has 0 saturated carbocycles. The Morgan fingerprint density at radius 1 is 0.844 bits per heavy atom. The summed E-state index contributed by atoms with van der Waals surface area (Å²) in [4.78, 5) is 2.62. The number of rotatable bonds is 6. The molecule has 3 aromatic rings. The lowest BCUT2D eigenvalue weighted by atomic mass is 10.0. The molecule has 1 saturated heterocycles. The lowest BCUT2D eigenvalue weighted by molar-refractivity contribution is 0.206. The average Bonchev–Trinajstić information content (AvgIpc) is 2.78. The highest BCUT2D eigenvalue weighted by molar-refractivity contribution is 7.92. The summed E-state index contributed by atoms with van der Waals surface area (Å²) < 4.78 is 42.2. The second-order valence-electron chi connectivity index (χ2n) is 8.58. The van der Waals surface area contributed by atoms with E-state index in [4.69, 9.17) is 0 Å². The van der Waals surface area contributed by atoms with Crippen molar-refractivity contribution in [3.63, 3.8) is 0 Å². The van der Waals surface area contributed by atoms with E-state index in [1.807, 2.05) is 62.4 Å². The van der Waals surface area contributed by atoms with Crippen molar-refractivity contribution in [3.05, 3.63) is 95.3 Å². The van der Waals surface area contributed by atoms with Crippen LogP contribution in [-0.2, 0) is 16.6 Å². The second kappa shape index (κ2) is 9.43. The van der Waals surface area contributed by atoms with Crippen molar-refractivity contribution in [1.29, 1.82) is 0 Å². The van der Waals surface area contributed by atoms with Gasteiger partial charge in [0.15, 0.2) is 0 Å². The standard InChI is InChI=1S/C26H29FN2O2S/c1-20-3-11-24(12-4-20)29(32(30,31)26-13-5-21(2)6-14-26)25-15-17-28(18-16-25)19-22-7-9-23(27)10-8-22/h3-14,25H,15-19H2,1-2H3. The van der Waals surface area contributed by atoms with Crippen LogP contribution in [0.4, 0.5) is 10.1 Å². The van der Waals surface area contributed by atoms with E-state index in [0.29, 0.717) is 10.6 Å². The molecule has 3 aromatic carbocycles. The van der Waals surface area contributed by atoms with Crippen molar-refractivity contribution in [2.75, 3.05) is 17.4 Å². The Morgan fingerprint density at radius 3 is 1.94 bits per heavy atom. The number of piperidine rings is 1. The van der Waals surface area contributed by atoms with Crippen LogP contribution < -0.4 is 4.31 Å². The molecule has 0 atom stereocenters. The lowest BCUT2D eigenvalue weighted by Gasteiger charge is -2.39. The number of anilines is 1. The van der Waals surface area contributed by atoms with E-state index in [9.17, 15) is 12.8 Å². The Labute approximate surface area is 190 Å². The highest BCUT2D eigenvalue weighted by Crippen LogP contribution is 2.31. The van der Waals surface area contributed by atoms with Crippen LogP contribution in [0.2, 0.25) is 0 Å². The SMILES string of the molecule is Cc1ccc(N(C2CCN(Cc3ccc(F)cc3)CC2)S(=O)(=O)c2ccc(C)cc2)cc1. The lowest BCUT2D eigenvalue weighted by Crippen LogP contribution is -2.47. The Hall–Kier alpha value is -2.70. The number of hydrogen-bond acceptors (Lipinski definition) is 3. The molecule has 1 aliphatic heterocycles. The monoisotopic (exact) mass is 452 g/mol. The first kappa shape index (κ1) is 22.5. The predicted molar refractivity (Wildman–Crippen MR) is 127 cm³/mol. The van der Waals surface area contributed by atoms with Gasteiger partial charge in [0.25, 0.3) is 10.0 Å². The maximum atomic E-state index is 13.7. The van der Waals surface area contributed by atoms with Gasteiger partial charge >= 0.3 is 0 Å². The van der Waals surface area contributed by atoms with E-state index in [0.717, 1.165) is 49.2 Å². The second-order valence-corrected chi connectivity index (χ2v) is 10.4. The molecule has 4 nitrogen and oxygen atoms in total. The van der Waals surface area contributed by atoms with Crippen LogP contribution in [0.25, 0.3) is 0 Å². The van der Waals surface area contributed by atoms with Crippen molar-refractivity contribution < 1.29 is 12.8 Å². The molecule has 0 aromatic heterocycles. The minimum atomic E-state index is -3.69. The molecule has 0 aliphatic carbocycles. The van der Waals surface area contributed by atoms with Gasteiger partial charge in [0.2, 0.25) is 0 Å². The summed E-state index contributed by atoms with van der Waals surface area (Å²) >= 11 is 0. The zero-order valence-corrected chi connectivity index (χ0v) is 19.4. The number of hydrogen-bond donors (Lipinski definition) is 0. The number of sulfonamides is 1. The quantitative estimate of drug-likeness (QED) is 0.509. The fourth-order valence-electron chi connectivity index (χ4n) is 4.22. The number of likely N-dealkylation sites (tertiary alicyclic amines) is 1. The zero-order valence-electron chi connectivity index (χ0n) is 18.5. The first-order valence-electron chi connectivity index (χ1n) is 11.0. The van der Waals surface area contributed by atoms with E-state index in [1.165, 1.54) is 12.1 Å². The van der Waals surface area contributed by atoms with Crippen LogP contribution in [0, 0.1) is 19.7 Å². The maximum Gasteiger partial charge on any atom is 0.264 e. The molecule has 4 rings (SSSR count). The molecular formula is C26H29FN2O2S. The summed E-state index contributed by atoms with van der Waals surface area (Å²) in [7, 11) is -3.69. The molecule has 6 heteroatoms. The van der Waals surface area contributed by atoms with Gasteiger partial charge in [0.05, 0.1) is 10.6 Å². The highest BCUT2D eigenvalue weighted by Gasteiger charge is 2.34. The van der Waals surface area contributed by atoms with E-state index in [2.05, 4.69) is 4.90 Å². The van der Waals surface area contributed by atoms with Crippen molar-refractivity contribution in [2.45, 2.75) is 44.2 Å². The van der Waals surface area contributed by atoms with Crippen LogP contribution in [-0.4, -0.2) is 32.4 Å². The smallest absolute Gasteiger partial charge is 0.264 e. The fraction of sp³-hybridized carbons (Fsp3) is 0.308. The van der Waals surface area contributed by atoms with Gasteiger partial charge in [-0.25, -0.2) is 12.8 Å². The van der Waals surface area contributed by atoms with Gasteiger partial charge in [-0.2, -0.15) is 0 Å². The van der Waals surface area contributed by atoms with Gasteiger partial charge < -0.3 is 0 Å². The third-order valence-electron chi connectivity index (χ3n) is 6.07. The molecule has 0 N–H and O–H groups in total. The summed E-state index contributed by atoms with van der Waals surface area (Å²) in [6, 6.07) is 21.2. The summed E-state index contributed by atoms with van der Waals surface area (Å²) in [6.45, 7) is 6.26. The van der Waals surface area contributed by atoms with Gasteiger partial charge in [-0.15, -0.1) is 0 Å². The third kappa shape index (κ3) is 5.03. The summed E-state index contributed by atoms with van der Waals surface area (Å²) in [5.41, 5.74) is 3.89. The minimum Gasteiger partial charge on any atom is -0.299 e. The molecule has 1 heterocycles. The van der Waals surface area contributed by atoms with E-state index < -0.39 is 10.0 Å². The maximum absolute atomic E-state index is 13.7. The van der Waals surface area contributed by atoms with E-state index in [1.54, 1.807) is 16.4 Å². The topological polar surface area (TPSA) is 40.6 Å². The Balaban J connectivity index is 1.56. The first-order valence-corrected chi connectivity index (χ1v) is 12.4. The summed E-state index contributed by atoms with van der Waals surface area (Å²) in [6.07, 6.45) is 1.47. The minimum absolute atomic E-state index is 0.117. The largest absolute Gasteiger partial charge is 0.299 e. The average molecular weight is 453 g/mol. The number of aryl methyl sites for hydroxylation is 2. The third-order valence-corrected chi connectivity index (χ3v) is 7.97. The van der Waals surface area contributed by atoms with Crippen LogP contribution >= 0.6 is 0 Å². The van der Waals surface area contributed by atoms with Gasteiger partial charge in [-0.3, -0.25) is 9.21 Å². The zero-order chi connectivity index (χ0) is 22.7. The molecule has 0 unspecified atom stereocenters. The molecular weight excluding hydrogens is 423 g/mol. The van der Waals surface area contributed by atoms with Gasteiger partial charge in [0, 0.05) is 25.7 Å². The molecule has 0 bridgehead atoms. The number of benzene rings is 3. The summed E-state index contributed by atoms with van der Waals surface area (Å²) in [5, 5.41) is 0. The molecule has 1 aliphatic rings. The Morgan fingerprint density at radius 2 is 1.38 bits per heavy atom. The van der Waals surface area contributed by atoms with Crippen molar-refractivity contribution in [3.8, 4) is 0 Å². The molecule has 168 valence electrons. The Bertz CT molecular complexity index is 1140. The molecule has 32 heavy (non-hydrogen) atoms. The predicted octanol–water partition coefficient (Wildman–Crippen LogP) is 5.30. The van der Waals surface area contributed by atoms with Crippen LogP contribution in [0.1, 0.15) is 29.5 Å². The first-order chi connectivity index (χ1) is 15.3. The highest BCUT2D eigenvalue weighted by atomic mass is 32.2. The van der Waals surface area contributed by atoms with Crippen LogP contribution in [0.5, 0.6) is 0 Å². The summed E-state index contributed by atoms with van der Waals surface area (Å²) in [5.74, 6) is -0.234. The fourth-order valence-corrected chi connectivity index (χ4v) is 5.93. The van der Waals surface area contributed by atoms with E-state index >= 15 is 0 Å². The molecule has 0 amide bonds. The van der Waals surface area contributed by atoms with Crippen molar-refractivity contribution >= 4 is 15.7 Å². The number of halogens is 1. The Kier molecular flexibility index (Phi) is 6.63. The molecule has 0 radical (unpaired) electrons. The van der Waals surface area contributed by atoms with E-state index in [-0.39, 0.29) is 11.9 Å². The number of nitrogens with zero attached hydrogens (tertiary/aromatic N) is 2. The normalized spacial score (nSPS) is 15.6. The van der Waals surface area contributed by atoms with Gasteiger partial charge in [-0.1, -0.05) is 47.5 Å². The van der Waals surface area contributed by atoms with Crippen LogP contribution in [0.15, 0.2) is 77.7 Å². The molecule has 1 fully saturated rings. The van der Waals surface area contributed by atoms with Crippen LogP contribution in [0.3, 0.4) is 0 Å². The molecule has 0 spiro atoms. The van der Waals surface area contributed by atoms with Gasteiger partial charge in [0.1, 0.15) is 5.82 Å².